The summed E-state index contributed by atoms with van der Waals surface area (Å²) in [6.45, 7) is 15.8. The predicted octanol–water partition coefficient (Wildman–Crippen LogP) is 12.8. The summed E-state index contributed by atoms with van der Waals surface area (Å²) < 4.78 is 0. The molecule has 266 valence electrons. The molecule has 0 unspecified atom stereocenters. The first-order chi connectivity index (χ1) is 21.4. The van der Waals surface area contributed by atoms with Crippen LogP contribution in [0.5, 0.6) is 0 Å². The van der Waals surface area contributed by atoms with Crippen LogP contribution in [0.1, 0.15) is 247 Å². The van der Waals surface area contributed by atoms with Crippen molar-refractivity contribution in [3.63, 3.8) is 0 Å². The van der Waals surface area contributed by atoms with Crippen LogP contribution in [0.4, 0.5) is 0 Å². The van der Waals surface area contributed by atoms with Gasteiger partial charge in [0.15, 0.2) is 0 Å². The maximum atomic E-state index is 5.22. The van der Waals surface area contributed by atoms with E-state index in [2.05, 4.69) is 47.3 Å². The molecule has 6 N–H and O–H groups in total. The van der Waals surface area contributed by atoms with Gasteiger partial charge in [-0.2, -0.15) is 0 Å². The monoisotopic (exact) mass is 623 g/mol. The lowest BCUT2D eigenvalue weighted by atomic mass is 9.45. The Bertz CT molecular complexity index is 566. The van der Waals surface area contributed by atoms with Gasteiger partial charge in [-0.1, -0.05) is 189 Å². The van der Waals surface area contributed by atoms with Crippen LogP contribution in [0.3, 0.4) is 0 Å². The minimum absolute atomic E-state index is 0.235. The zero-order chi connectivity index (χ0) is 32.8. The molecule has 0 saturated heterocycles. The molecule has 44 heavy (non-hydrogen) atoms. The van der Waals surface area contributed by atoms with Gasteiger partial charge in [-0.15, -0.1) is 0 Å². The Kier molecular flexibility index (Phi) is 29.0. The molecule has 0 heterocycles. The van der Waals surface area contributed by atoms with E-state index in [1.165, 1.54) is 205 Å². The molecule has 0 fully saturated rings. The molecular weight excluding hydrogens is 532 g/mol. The lowest BCUT2D eigenvalue weighted by Crippen LogP contribution is -2.82. The molecule has 0 spiro atoms. The van der Waals surface area contributed by atoms with Crippen LogP contribution < -0.4 is 11.5 Å². The van der Waals surface area contributed by atoms with Gasteiger partial charge in [-0.25, -0.2) is 0 Å². The van der Waals surface area contributed by atoms with Gasteiger partial charge in [-0.3, -0.25) is 0 Å². The summed E-state index contributed by atoms with van der Waals surface area (Å²) in [5, 5.41) is 0. The Balaban J connectivity index is 4.59. The van der Waals surface area contributed by atoms with Crippen molar-refractivity contribution in [3.8, 4) is 0 Å². The molecule has 2 heteroatoms. The Morgan fingerprint density at radius 2 is 0.591 bits per heavy atom. The Hall–Kier alpha value is -0.0800. The third-order valence-corrected chi connectivity index (χ3v) is 11.7. The van der Waals surface area contributed by atoms with Crippen molar-refractivity contribution >= 4 is 0 Å². The highest BCUT2D eigenvalue weighted by atomic mass is 14.8. The van der Waals surface area contributed by atoms with Gasteiger partial charge in [-0.05, 0) is 50.4 Å². The van der Waals surface area contributed by atoms with E-state index in [1.807, 2.05) is 0 Å². The number of hydrogen-bond acceptors (Lipinski definition) is 0. The summed E-state index contributed by atoms with van der Waals surface area (Å²) >= 11 is 0. The smallest absolute Gasteiger partial charge is 0.101 e. The number of quaternary nitrogens is 2. The predicted molar refractivity (Wildman–Crippen MR) is 200 cm³/mol. The third-order valence-electron chi connectivity index (χ3n) is 11.7. The molecule has 0 aromatic heterocycles. The lowest BCUT2D eigenvalue weighted by Gasteiger charge is -2.59. The fraction of sp³-hybridized carbons (Fsp3) is 1.00. The fourth-order valence-electron chi connectivity index (χ4n) is 9.86. The van der Waals surface area contributed by atoms with Crippen LogP contribution in [0.25, 0.3) is 0 Å². The largest absolute Gasteiger partial charge is 0.358 e. The molecule has 0 aliphatic rings. The molecule has 0 aromatic rings. The second kappa shape index (κ2) is 29.1. The van der Waals surface area contributed by atoms with Crippen molar-refractivity contribution in [2.24, 2.45) is 10.8 Å². The molecule has 0 aliphatic carbocycles. The summed E-state index contributed by atoms with van der Waals surface area (Å²) in [6.07, 6.45) is 45.2. The van der Waals surface area contributed by atoms with Crippen molar-refractivity contribution < 1.29 is 11.5 Å². The quantitative estimate of drug-likeness (QED) is 0.0661. The second-order valence-corrected chi connectivity index (χ2v) is 15.5. The van der Waals surface area contributed by atoms with Crippen molar-refractivity contribution in [1.82, 2.24) is 0 Å². The van der Waals surface area contributed by atoms with Gasteiger partial charge in [0.05, 0.1) is 6.54 Å². The highest BCUT2D eigenvalue weighted by Crippen LogP contribution is 2.61. The van der Waals surface area contributed by atoms with E-state index in [1.54, 1.807) is 0 Å². The number of unbranched alkanes of at least 4 members (excludes halogenated alkanes) is 18. The topological polar surface area (TPSA) is 55.3 Å². The highest BCUT2D eigenvalue weighted by Gasteiger charge is 2.60. The van der Waals surface area contributed by atoms with E-state index in [-0.39, 0.29) is 5.54 Å². The van der Waals surface area contributed by atoms with Crippen molar-refractivity contribution in [1.29, 1.82) is 0 Å². The van der Waals surface area contributed by atoms with Crippen LogP contribution in [0, 0.1) is 10.8 Å². The second-order valence-electron chi connectivity index (χ2n) is 15.5. The van der Waals surface area contributed by atoms with Gasteiger partial charge >= 0.3 is 0 Å². The average molecular weight is 623 g/mol. The van der Waals surface area contributed by atoms with Crippen LogP contribution in [-0.2, 0) is 0 Å². The van der Waals surface area contributed by atoms with Gasteiger partial charge in [0, 0.05) is 18.3 Å². The molecule has 2 nitrogen and oxygen atoms in total. The standard InChI is InChI=1S/C42H88N2/c1-7-32-40(33-8-2,41(34-9-3,35-10-4)42(44,36-11-5)37-12-6)38-30-28-26-24-22-20-18-16-14-13-15-17-19-21-23-25-27-29-31-39-43/h7-39,43-44H2,1-6H3/p+2. The van der Waals surface area contributed by atoms with E-state index in [9.17, 15) is 0 Å². The van der Waals surface area contributed by atoms with E-state index < -0.39 is 0 Å². The molecule has 0 saturated carbocycles. The van der Waals surface area contributed by atoms with Crippen molar-refractivity contribution in [2.75, 3.05) is 6.54 Å². The van der Waals surface area contributed by atoms with Gasteiger partial charge in [0.2, 0.25) is 0 Å². The van der Waals surface area contributed by atoms with Crippen molar-refractivity contribution in [3.05, 3.63) is 0 Å². The minimum atomic E-state index is 0.235. The van der Waals surface area contributed by atoms with Crippen LogP contribution in [0.2, 0.25) is 0 Å². The van der Waals surface area contributed by atoms with Gasteiger partial charge in [0.1, 0.15) is 5.54 Å². The summed E-state index contributed by atoms with van der Waals surface area (Å²) in [4.78, 5) is 0. The average Bonchev–Trinajstić information content (AvgIpc) is 3.00. The zero-order valence-electron chi connectivity index (χ0n) is 32.2. The molecule has 0 rings (SSSR count). The SMILES string of the molecule is CCCC([NH3+])(CCC)C(CCC)(CCC)C(CCC)(CCC)CCCCCCCCCCCCCCCCCCCCC[NH3+]. The van der Waals surface area contributed by atoms with E-state index in [0.717, 1.165) is 6.54 Å². The van der Waals surface area contributed by atoms with Gasteiger partial charge in [0.25, 0.3) is 0 Å². The Morgan fingerprint density at radius 3 is 0.864 bits per heavy atom. The highest BCUT2D eigenvalue weighted by molar-refractivity contribution is 5.08. The first kappa shape index (κ1) is 43.9. The number of hydrogen-bond donors (Lipinski definition) is 2. The molecule has 0 radical (unpaired) electrons. The summed E-state index contributed by atoms with van der Waals surface area (Å²) in [6, 6.07) is 0. The minimum Gasteiger partial charge on any atom is -0.358 e. The van der Waals surface area contributed by atoms with E-state index in [4.69, 9.17) is 5.73 Å². The fourth-order valence-corrected chi connectivity index (χ4v) is 9.86. The lowest BCUT2D eigenvalue weighted by molar-refractivity contribution is -0.525. The van der Waals surface area contributed by atoms with Gasteiger partial charge < -0.3 is 11.5 Å². The Morgan fingerprint density at radius 1 is 0.318 bits per heavy atom. The molecule has 0 bridgehead atoms. The van der Waals surface area contributed by atoms with Crippen LogP contribution in [-0.4, -0.2) is 12.1 Å². The van der Waals surface area contributed by atoms with Crippen molar-refractivity contribution in [2.45, 2.75) is 253 Å². The maximum Gasteiger partial charge on any atom is 0.101 e. The van der Waals surface area contributed by atoms with Crippen LogP contribution in [0.15, 0.2) is 0 Å². The summed E-state index contributed by atoms with van der Waals surface area (Å²) in [5.41, 5.74) is 10.3. The summed E-state index contributed by atoms with van der Waals surface area (Å²) in [7, 11) is 0. The molecule has 0 atom stereocenters. The van der Waals surface area contributed by atoms with E-state index in [0.29, 0.717) is 10.8 Å². The normalized spacial score (nSPS) is 12.8. The third kappa shape index (κ3) is 16.7. The number of rotatable bonds is 35. The zero-order valence-corrected chi connectivity index (χ0v) is 32.2. The Labute approximate surface area is 280 Å². The molecule has 0 amide bonds. The molecule has 0 aromatic carbocycles. The molecular formula is C42H90N2+2. The van der Waals surface area contributed by atoms with E-state index >= 15 is 0 Å². The van der Waals surface area contributed by atoms with Crippen LogP contribution >= 0.6 is 0 Å². The first-order valence-electron chi connectivity index (χ1n) is 21.1. The molecule has 0 aliphatic heterocycles. The first-order valence-corrected chi connectivity index (χ1v) is 21.1. The summed E-state index contributed by atoms with van der Waals surface area (Å²) in [5.74, 6) is 0. The maximum absolute atomic E-state index is 5.22.